The molecule has 3 heteroatoms. The van der Waals surface area contributed by atoms with E-state index in [2.05, 4.69) is 5.92 Å². The van der Waals surface area contributed by atoms with Crippen molar-refractivity contribution in [3.05, 3.63) is 35.0 Å². The van der Waals surface area contributed by atoms with Gasteiger partial charge in [-0.05, 0) is 29.7 Å². The fraction of sp³-hybridized carbons (Fsp3) is 0.0909. The molecule has 0 amide bonds. The minimum absolute atomic E-state index is 0.281. The second-order valence-corrected chi connectivity index (χ2v) is 4.02. The van der Waals surface area contributed by atoms with Gasteiger partial charge >= 0.3 is 0 Å². The second-order valence-electron chi connectivity index (χ2n) is 2.90. The Hall–Kier alpha value is -1.37. The third kappa shape index (κ3) is 1.50. The van der Waals surface area contributed by atoms with Crippen molar-refractivity contribution in [2.45, 2.75) is 6.10 Å². The molecule has 0 spiro atoms. The normalized spacial score (nSPS) is 12.6. The number of halogens is 1. The van der Waals surface area contributed by atoms with Crippen LogP contribution in [0.4, 0.5) is 4.39 Å². The maximum absolute atomic E-state index is 12.8. The SMILES string of the molecule is C#CC(O)c1cc2cc(F)ccc2s1. The molecule has 1 aromatic heterocycles. The van der Waals surface area contributed by atoms with Gasteiger partial charge in [-0.1, -0.05) is 5.92 Å². The van der Waals surface area contributed by atoms with Gasteiger partial charge in [-0.2, -0.15) is 0 Å². The fourth-order valence-corrected chi connectivity index (χ4v) is 2.24. The molecule has 0 aliphatic rings. The smallest absolute Gasteiger partial charge is 0.149 e. The Bertz CT molecular complexity index is 509. The Kier molecular flexibility index (Phi) is 2.24. The van der Waals surface area contributed by atoms with Crippen LogP contribution in [-0.2, 0) is 0 Å². The molecular formula is C11H7FOS. The molecule has 0 bridgehead atoms. The first kappa shape index (κ1) is 9.20. The lowest BCUT2D eigenvalue weighted by molar-refractivity contribution is 0.242. The van der Waals surface area contributed by atoms with E-state index in [1.807, 2.05) is 0 Å². The summed E-state index contributed by atoms with van der Waals surface area (Å²) in [6.45, 7) is 0. The summed E-state index contributed by atoms with van der Waals surface area (Å²) < 4.78 is 13.8. The van der Waals surface area contributed by atoms with Gasteiger partial charge in [-0.15, -0.1) is 17.8 Å². The van der Waals surface area contributed by atoms with E-state index in [1.54, 1.807) is 12.1 Å². The number of rotatable bonds is 1. The quantitative estimate of drug-likeness (QED) is 0.711. The molecule has 2 rings (SSSR count). The van der Waals surface area contributed by atoms with Crippen LogP contribution in [0.2, 0.25) is 0 Å². The van der Waals surface area contributed by atoms with Crippen LogP contribution in [-0.4, -0.2) is 5.11 Å². The van der Waals surface area contributed by atoms with E-state index < -0.39 is 6.10 Å². The minimum atomic E-state index is -0.893. The van der Waals surface area contributed by atoms with Crippen molar-refractivity contribution in [3.63, 3.8) is 0 Å². The summed E-state index contributed by atoms with van der Waals surface area (Å²) in [5.74, 6) is 1.95. The maximum Gasteiger partial charge on any atom is 0.149 e. The van der Waals surface area contributed by atoms with Crippen molar-refractivity contribution in [2.24, 2.45) is 0 Å². The lowest BCUT2D eigenvalue weighted by Gasteiger charge is -1.95. The highest BCUT2D eigenvalue weighted by Gasteiger charge is 2.08. The van der Waals surface area contributed by atoms with Gasteiger partial charge < -0.3 is 5.11 Å². The van der Waals surface area contributed by atoms with Crippen LogP contribution in [0.15, 0.2) is 24.3 Å². The van der Waals surface area contributed by atoms with Gasteiger partial charge in [0.15, 0.2) is 0 Å². The predicted octanol–water partition coefficient (Wildman–Crippen LogP) is 2.71. The molecule has 1 atom stereocenters. The van der Waals surface area contributed by atoms with E-state index >= 15 is 0 Å². The van der Waals surface area contributed by atoms with E-state index in [0.717, 1.165) is 10.1 Å². The summed E-state index contributed by atoms with van der Waals surface area (Å²) in [5, 5.41) is 10.2. The van der Waals surface area contributed by atoms with Gasteiger partial charge in [0, 0.05) is 9.58 Å². The number of benzene rings is 1. The lowest BCUT2D eigenvalue weighted by Crippen LogP contribution is -1.86. The highest BCUT2D eigenvalue weighted by atomic mass is 32.1. The highest BCUT2D eigenvalue weighted by molar-refractivity contribution is 7.19. The Balaban J connectivity index is 2.58. The van der Waals surface area contributed by atoms with Crippen LogP contribution in [0.25, 0.3) is 10.1 Å². The van der Waals surface area contributed by atoms with Crippen molar-refractivity contribution in [1.82, 2.24) is 0 Å². The average molecular weight is 206 g/mol. The van der Waals surface area contributed by atoms with Crippen LogP contribution in [0.3, 0.4) is 0 Å². The van der Waals surface area contributed by atoms with E-state index in [0.29, 0.717) is 4.88 Å². The summed E-state index contributed by atoms with van der Waals surface area (Å²) >= 11 is 1.38. The number of thiophene rings is 1. The molecule has 0 aliphatic carbocycles. The third-order valence-corrected chi connectivity index (χ3v) is 3.09. The minimum Gasteiger partial charge on any atom is -0.375 e. The monoisotopic (exact) mass is 206 g/mol. The molecule has 0 saturated heterocycles. The molecule has 70 valence electrons. The molecule has 1 unspecified atom stereocenters. The third-order valence-electron chi connectivity index (χ3n) is 1.92. The van der Waals surface area contributed by atoms with Crippen molar-refractivity contribution >= 4 is 21.4 Å². The number of hydrogen-bond donors (Lipinski definition) is 1. The van der Waals surface area contributed by atoms with Crippen molar-refractivity contribution in [1.29, 1.82) is 0 Å². The van der Waals surface area contributed by atoms with E-state index in [4.69, 9.17) is 6.42 Å². The first-order valence-electron chi connectivity index (χ1n) is 4.04. The van der Waals surface area contributed by atoms with Gasteiger partial charge in [0.2, 0.25) is 0 Å². The van der Waals surface area contributed by atoms with Crippen LogP contribution in [0.1, 0.15) is 11.0 Å². The summed E-state index contributed by atoms with van der Waals surface area (Å²) in [7, 11) is 0. The second kappa shape index (κ2) is 3.41. The number of fused-ring (bicyclic) bond motifs is 1. The Morgan fingerprint density at radius 3 is 2.93 bits per heavy atom. The fourth-order valence-electron chi connectivity index (χ4n) is 1.25. The Labute approximate surface area is 84.8 Å². The van der Waals surface area contributed by atoms with Gasteiger partial charge in [0.1, 0.15) is 11.9 Å². The van der Waals surface area contributed by atoms with Crippen LogP contribution >= 0.6 is 11.3 Å². The Morgan fingerprint density at radius 2 is 2.21 bits per heavy atom. The zero-order valence-corrected chi connectivity index (χ0v) is 8.01. The molecule has 1 heterocycles. The molecule has 1 nitrogen and oxygen atoms in total. The standard InChI is InChI=1S/C11H7FOS/c1-2-9(13)11-6-7-5-8(12)3-4-10(7)14-11/h1,3-6,9,13H. The number of aliphatic hydroxyl groups excluding tert-OH is 1. The number of aliphatic hydroxyl groups is 1. The van der Waals surface area contributed by atoms with Gasteiger partial charge in [-0.3, -0.25) is 0 Å². The highest BCUT2D eigenvalue weighted by Crippen LogP contribution is 2.29. The first-order chi connectivity index (χ1) is 6.70. The number of terminal acetylenes is 1. The van der Waals surface area contributed by atoms with Crippen molar-refractivity contribution in [3.8, 4) is 12.3 Å². The molecule has 0 fully saturated rings. The van der Waals surface area contributed by atoms with E-state index in [9.17, 15) is 9.50 Å². The molecular weight excluding hydrogens is 199 g/mol. The molecule has 14 heavy (non-hydrogen) atoms. The van der Waals surface area contributed by atoms with Crippen molar-refractivity contribution < 1.29 is 9.50 Å². The molecule has 0 saturated carbocycles. The predicted molar refractivity (Wildman–Crippen MR) is 55.6 cm³/mol. The Morgan fingerprint density at radius 1 is 1.43 bits per heavy atom. The maximum atomic E-state index is 12.8. The van der Waals surface area contributed by atoms with Crippen molar-refractivity contribution in [2.75, 3.05) is 0 Å². The van der Waals surface area contributed by atoms with Gasteiger partial charge in [-0.25, -0.2) is 4.39 Å². The summed E-state index contributed by atoms with van der Waals surface area (Å²) in [6, 6.07) is 6.22. The average Bonchev–Trinajstić information content (AvgIpc) is 2.59. The van der Waals surface area contributed by atoms with Gasteiger partial charge in [0.25, 0.3) is 0 Å². The number of hydrogen-bond acceptors (Lipinski definition) is 2. The van der Waals surface area contributed by atoms with E-state index in [1.165, 1.54) is 23.5 Å². The van der Waals surface area contributed by atoms with Gasteiger partial charge in [0.05, 0.1) is 0 Å². The zero-order chi connectivity index (χ0) is 10.1. The molecule has 0 radical (unpaired) electrons. The van der Waals surface area contributed by atoms with Crippen LogP contribution in [0, 0.1) is 18.2 Å². The molecule has 1 N–H and O–H groups in total. The molecule has 1 aromatic carbocycles. The van der Waals surface area contributed by atoms with Crippen LogP contribution in [0.5, 0.6) is 0 Å². The van der Waals surface area contributed by atoms with E-state index in [-0.39, 0.29) is 5.82 Å². The van der Waals surface area contributed by atoms with Crippen LogP contribution < -0.4 is 0 Å². The topological polar surface area (TPSA) is 20.2 Å². The summed E-state index contributed by atoms with van der Waals surface area (Å²) in [5.41, 5.74) is 0. The summed E-state index contributed by atoms with van der Waals surface area (Å²) in [6.07, 6.45) is 4.20. The largest absolute Gasteiger partial charge is 0.375 e. The molecule has 0 aliphatic heterocycles. The first-order valence-corrected chi connectivity index (χ1v) is 4.85. The lowest BCUT2D eigenvalue weighted by atomic mass is 10.2. The zero-order valence-electron chi connectivity index (χ0n) is 7.20. The molecule has 2 aromatic rings. The summed E-state index contributed by atoms with van der Waals surface area (Å²) in [4.78, 5) is 0.674.